The van der Waals surface area contributed by atoms with Gasteiger partial charge in [-0.05, 0) is 22.0 Å². The number of halogens is 2. The van der Waals surface area contributed by atoms with E-state index in [9.17, 15) is 4.79 Å². The number of rotatable bonds is 1. The van der Waals surface area contributed by atoms with E-state index < -0.39 is 5.97 Å². The number of methoxy groups -OCH3 is 1. The van der Waals surface area contributed by atoms with Gasteiger partial charge in [0.15, 0.2) is 0 Å². The number of aromatic nitrogens is 1. The summed E-state index contributed by atoms with van der Waals surface area (Å²) in [4.78, 5) is 14.8. The van der Waals surface area contributed by atoms with Crippen LogP contribution in [0.3, 0.4) is 0 Å². The van der Waals surface area contributed by atoms with Crippen molar-refractivity contribution in [3.8, 4) is 0 Å². The molecule has 4 nitrogen and oxygen atoms in total. The molecule has 0 aromatic carbocycles. The van der Waals surface area contributed by atoms with Crippen molar-refractivity contribution >= 4 is 44.7 Å². The highest BCUT2D eigenvalue weighted by Crippen LogP contribution is 2.15. The van der Waals surface area contributed by atoms with Crippen molar-refractivity contribution in [3.63, 3.8) is 0 Å². The number of hydrogen-bond donors (Lipinski definition) is 1. The predicted octanol–water partition coefficient (Wildman–Crippen LogP) is 1.79. The third-order valence-corrected chi connectivity index (χ3v) is 1.72. The molecule has 0 radical (unpaired) electrons. The van der Waals surface area contributed by atoms with Crippen molar-refractivity contribution in [2.24, 2.45) is 0 Å². The molecule has 0 amide bonds. The Hall–Kier alpha value is -0.620. The van der Waals surface area contributed by atoms with E-state index in [2.05, 4.69) is 25.7 Å². The summed E-state index contributed by atoms with van der Waals surface area (Å²) in [7, 11) is 1.29. The number of hydrogen-bond acceptors (Lipinski definition) is 4. The lowest BCUT2D eigenvalue weighted by molar-refractivity contribution is 0.0601. The normalized spacial score (nSPS) is 8.77. The van der Waals surface area contributed by atoms with Gasteiger partial charge in [0.1, 0.15) is 11.4 Å². The standard InChI is InChI=1S/C7H7BrN2O2.BrH/c1-12-7(11)5-2-4(8)3-10-6(5)9;/h2-3H,1H3,(H2,9,10);1H. The Balaban J connectivity index is 0.00000144. The zero-order chi connectivity index (χ0) is 9.14. The van der Waals surface area contributed by atoms with Crippen LogP contribution >= 0.6 is 32.9 Å². The Morgan fingerprint density at radius 3 is 2.85 bits per heavy atom. The minimum Gasteiger partial charge on any atom is -0.465 e. The SMILES string of the molecule is Br.COC(=O)c1cc(Br)cnc1N. The molecule has 0 atom stereocenters. The molecule has 2 N–H and O–H groups in total. The molecule has 1 aromatic rings. The molecule has 0 bridgehead atoms. The van der Waals surface area contributed by atoms with Gasteiger partial charge < -0.3 is 10.5 Å². The van der Waals surface area contributed by atoms with E-state index in [0.717, 1.165) is 0 Å². The Kier molecular flexibility index (Phi) is 4.94. The van der Waals surface area contributed by atoms with Gasteiger partial charge in [-0.15, -0.1) is 17.0 Å². The summed E-state index contributed by atoms with van der Waals surface area (Å²) in [6, 6.07) is 1.56. The minimum absolute atomic E-state index is 0. The van der Waals surface area contributed by atoms with Crippen LogP contribution in [-0.4, -0.2) is 18.1 Å². The Bertz CT molecular complexity index is 317. The highest BCUT2D eigenvalue weighted by molar-refractivity contribution is 9.10. The number of esters is 1. The average molecular weight is 312 g/mol. The zero-order valence-corrected chi connectivity index (χ0v) is 10.1. The summed E-state index contributed by atoms with van der Waals surface area (Å²) in [5, 5.41) is 0. The highest BCUT2D eigenvalue weighted by atomic mass is 79.9. The van der Waals surface area contributed by atoms with Gasteiger partial charge in [-0.3, -0.25) is 0 Å². The van der Waals surface area contributed by atoms with Crippen molar-refractivity contribution < 1.29 is 9.53 Å². The molecule has 1 heterocycles. The zero-order valence-electron chi connectivity index (χ0n) is 6.78. The van der Waals surface area contributed by atoms with E-state index in [4.69, 9.17) is 5.73 Å². The number of carbonyl (C=O) groups excluding carboxylic acids is 1. The summed E-state index contributed by atoms with van der Waals surface area (Å²) in [5.41, 5.74) is 5.70. The molecule has 0 saturated heterocycles. The second-order valence-corrected chi connectivity index (χ2v) is 2.99. The lowest BCUT2D eigenvalue weighted by Crippen LogP contribution is -2.06. The topological polar surface area (TPSA) is 65.2 Å². The van der Waals surface area contributed by atoms with Crippen LogP contribution < -0.4 is 5.73 Å². The molecule has 0 fully saturated rings. The van der Waals surface area contributed by atoms with Gasteiger partial charge in [0.05, 0.1) is 7.11 Å². The smallest absolute Gasteiger partial charge is 0.341 e. The Morgan fingerprint density at radius 1 is 1.69 bits per heavy atom. The molecule has 1 aromatic heterocycles. The molecule has 13 heavy (non-hydrogen) atoms. The molecule has 6 heteroatoms. The van der Waals surface area contributed by atoms with Crippen LogP contribution in [-0.2, 0) is 4.74 Å². The fraction of sp³-hybridized carbons (Fsp3) is 0.143. The third-order valence-electron chi connectivity index (χ3n) is 1.29. The number of nitrogen functional groups attached to an aromatic ring is 1. The lowest BCUT2D eigenvalue weighted by Gasteiger charge is -2.01. The average Bonchev–Trinajstić information content (AvgIpc) is 2.08. The summed E-state index contributed by atoms with van der Waals surface area (Å²) >= 11 is 3.17. The number of carbonyl (C=O) groups is 1. The van der Waals surface area contributed by atoms with Crippen LogP contribution in [0.4, 0.5) is 5.82 Å². The molecule has 1 rings (SSSR count). The molecule has 0 aliphatic rings. The largest absolute Gasteiger partial charge is 0.465 e. The van der Waals surface area contributed by atoms with E-state index in [1.54, 1.807) is 6.07 Å². The minimum atomic E-state index is -0.485. The van der Waals surface area contributed by atoms with Crippen LogP contribution in [0.5, 0.6) is 0 Å². The maximum Gasteiger partial charge on any atom is 0.341 e. The fourth-order valence-electron chi connectivity index (χ4n) is 0.723. The van der Waals surface area contributed by atoms with Gasteiger partial charge >= 0.3 is 5.97 Å². The van der Waals surface area contributed by atoms with Crippen molar-refractivity contribution in [1.29, 1.82) is 0 Å². The Morgan fingerprint density at radius 2 is 2.31 bits per heavy atom. The van der Waals surface area contributed by atoms with E-state index in [-0.39, 0.29) is 28.4 Å². The van der Waals surface area contributed by atoms with Crippen molar-refractivity contribution in [2.75, 3.05) is 12.8 Å². The summed E-state index contributed by atoms with van der Waals surface area (Å²) in [6.07, 6.45) is 1.52. The van der Waals surface area contributed by atoms with E-state index >= 15 is 0 Å². The molecule has 0 unspecified atom stereocenters. The number of anilines is 1. The van der Waals surface area contributed by atoms with Crippen LogP contribution in [0.15, 0.2) is 16.7 Å². The van der Waals surface area contributed by atoms with Gasteiger partial charge in [-0.25, -0.2) is 9.78 Å². The van der Waals surface area contributed by atoms with Gasteiger partial charge in [-0.2, -0.15) is 0 Å². The first-order chi connectivity index (χ1) is 5.65. The maximum absolute atomic E-state index is 11.0. The third kappa shape index (κ3) is 2.96. The van der Waals surface area contributed by atoms with E-state index in [1.165, 1.54) is 13.3 Å². The molecular weight excluding hydrogens is 304 g/mol. The van der Waals surface area contributed by atoms with Gasteiger partial charge in [0.2, 0.25) is 0 Å². The van der Waals surface area contributed by atoms with Crippen molar-refractivity contribution in [2.45, 2.75) is 0 Å². The summed E-state index contributed by atoms with van der Waals surface area (Å²) in [5.74, 6) is -0.314. The molecule has 0 spiro atoms. The van der Waals surface area contributed by atoms with Gasteiger partial charge in [-0.1, -0.05) is 0 Å². The molecule has 0 aliphatic heterocycles. The van der Waals surface area contributed by atoms with Gasteiger partial charge in [0, 0.05) is 10.7 Å². The maximum atomic E-state index is 11.0. The quantitative estimate of drug-likeness (QED) is 0.803. The Labute approximate surface area is 94.4 Å². The predicted molar refractivity (Wildman–Crippen MR) is 58.0 cm³/mol. The number of ether oxygens (including phenoxy) is 1. The van der Waals surface area contributed by atoms with Crippen molar-refractivity contribution in [3.05, 3.63) is 22.3 Å². The van der Waals surface area contributed by atoms with Gasteiger partial charge in [0.25, 0.3) is 0 Å². The number of nitrogens with two attached hydrogens (primary N) is 1. The number of nitrogens with zero attached hydrogens (tertiary/aromatic N) is 1. The lowest BCUT2D eigenvalue weighted by atomic mass is 10.2. The second kappa shape index (κ2) is 5.18. The van der Waals surface area contributed by atoms with Crippen LogP contribution in [0.1, 0.15) is 10.4 Å². The summed E-state index contributed by atoms with van der Waals surface area (Å²) in [6.45, 7) is 0. The summed E-state index contributed by atoms with van der Waals surface area (Å²) < 4.78 is 5.18. The van der Waals surface area contributed by atoms with Crippen LogP contribution in [0.25, 0.3) is 0 Å². The van der Waals surface area contributed by atoms with Crippen LogP contribution in [0, 0.1) is 0 Å². The molecule has 0 saturated carbocycles. The first-order valence-electron chi connectivity index (χ1n) is 3.14. The van der Waals surface area contributed by atoms with Crippen LogP contribution in [0.2, 0.25) is 0 Å². The molecular formula is C7H8Br2N2O2. The monoisotopic (exact) mass is 310 g/mol. The van der Waals surface area contributed by atoms with E-state index in [0.29, 0.717) is 4.47 Å². The molecule has 72 valence electrons. The second-order valence-electron chi connectivity index (χ2n) is 2.08. The van der Waals surface area contributed by atoms with E-state index in [1.807, 2.05) is 0 Å². The van der Waals surface area contributed by atoms with Crippen molar-refractivity contribution in [1.82, 2.24) is 4.98 Å². The molecule has 0 aliphatic carbocycles. The first kappa shape index (κ1) is 12.4. The number of pyridine rings is 1. The highest BCUT2D eigenvalue weighted by Gasteiger charge is 2.10. The first-order valence-corrected chi connectivity index (χ1v) is 3.93. The fourth-order valence-corrected chi connectivity index (χ4v) is 1.05.